The summed E-state index contributed by atoms with van der Waals surface area (Å²) in [6.07, 6.45) is 3.70. The van der Waals surface area contributed by atoms with E-state index in [-0.39, 0.29) is 17.5 Å². The Hall–Kier alpha value is -4.61. The second-order valence-corrected chi connectivity index (χ2v) is 7.50. The molecule has 4 rings (SSSR count). The molecule has 0 spiro atoms. The van der Waals surface area contributed by atoms with Gasteiger partial charge < -0.3 is 26.7 Å². The molecular weight excluding hydrogens is 441 g/mol. The Kier molecular flexibility index (Phi) is 6.30. The smallest absolute Gasteiger partial charge is 0.273 e. The van der Waals surface area contributed by atoms with Crippen LogP contribution in [0.2, 0.25) is 0 Å². The van der Waals surface area contributed by atoms with Crippen LogP contribution in [-0.2, 0) is 11.3 Å². The third-order valence-corrected chi connectivity index (χ3v) is 5.19. The van der Waals surface area contributed by atoms with Crippen molar-refractivity contribution in [2.75, 3.05) is 10.6 Å². The number of fused-ring (bicyclic) bond motifs is 1. The van der Waals surface area contributed by atoms with Crippen molar-refractivity contribution in [2.45, 2.75) is 25.9 Å². The molecule has 1 atom stereocenters. The number of halogens is 1. The fourth-order valence-electron chi connectivity index (χ4n) is 3.51. The van der Waals surface area contributed by atoms with Gasteiger partial charge in [0.15, 0.2) is 11.5 Å². The van der Waals surface area contributed by atoms with Gasteiger partial charge in [0.1, 0.15) is 6.04 Å². The van der Waals surface area contributed by atoms with Crippen LogP contribution < -0.4 is 22.1 Å². The maximum absolute atomic E-state index is 13.5. The van der Waals surface area contributed by atoms with E-state index >= 15 is 0 Å². The van der Waals surface area contributed by atoms with Gasteiger partial charge in [0.25, 0.3) is 5.91 Å². The van der Waals surface area contributed by atoms with E-state index < -0.39 is 23.8 Å². The van der Waals surface area contributed by atoms with Crippen LogP contribution in [0, 0.1) is 5.95 Å². The van der Waals surface area contributed by atoms with Crippen molar-refractivity contribution >= 4 is 40.2 Å². The monoisotopic (exact) mass is 463 g/mol. The van der Waals surface area contributed by atoms with Crippen molar-refractivity contribution in [3.05, 3.63) is 66.0 Å². The zero-order chi connectivity index (χ0) is 24.2. The molecule has 2 amide bonds. The third-order valence-electron chi connectivity index (χ3n) is 5.19. The summed E-state index contributed by atoms with van der Waals surface area (Å²) in [7, 11) is 0. The first-order chi connectivity index (χ1) is 16.4. The number of primary amides is 2. The number of nitrogens with one attached hydrogen (secondary N) is 2. The Morgan fingerprint density at radius 1 is 1.18 bits per heavy atom. The van der Waals surface area contributed by atoms with Crippen molar-refractivity contribution in [2.24, 2.45) is 11.5 Å². The van der Waals surface area contributed by atoms with E-state index in [9.17, 15) is 14.0 Å². The van der Waals surface area contributed by atoms with Crippen LogP contribution in [0.3, 0.4) is 0 Å². The number of hydrogen-bond donors (Lipinski definition) is 4. The van der Waals surface area contributed by atoms with Crippen molar-refractivity contribution < 1.29 is 14.0 Å². The fourth-order valence-corrected chi connectivity index (χ4v) is 3.51. The Balaban J connectivity index is 1.67. The lowest BCUT2D eigenvalue weighted by Gasteiger charge is -2.15. The van der Waals surface area contributed by atoms with Crippen molar-refractivity contribution in [1.29, 1.82) is 0 Å². The number of nitrogens with zero attached hydrogens (tertiary/aromatic N) is 5. The average Bonchev–Trinajstić information content (AvgIpc) is 3.21. The molecule has 0 radical (unpaired) electrons. The summed E-state index contributed by atoms with van der Waals surface area (Å²) in [4.78, 5) is 31.3. The first-order valence-electron chi connectivity index (χ1n) is 10.4. The predicted molar refractivity (Wildman–Crippen MR) is 124 cm³/mol. The van der Waals surface area contributed by atoms with Crippen molar-refractivity contribution in [3.63, 3.8) is 0 Å². The third kappa shape index (κ3) is 4.75. The quantitative estimate of drug-likeness (QED) is 0.273. The van der Waals surface area contributed by atoms with Gasteiger partial charge in [-0.15, -0.1) is 10.2 Å². The summed E-state index contributed by atoms with van der Waals surface area (Å²) in [5.41, 5.74) is 12.9. The standard InChI is InChI=1S/C22H22FN9O2/c1-2-14(19(24)33)28-22-29-21(18(20(25)34)30-31-22)27-15-4-3-5-16-13(15)7-9-32(16)11-12-6-8-26-17(23)10-12/h3-10,14H,2,11H2,1H3,(H2,24,33)(H2,25,34)(H2,27,28,29,31)/t14-/m1/s1. The van der Waals surface area contributed by atoms with E-state index in [1.165, 1.54) is 12.3 Å². The minimum atomic E-state index is -0.819. The Morgan fingerprint density at radius 3 is 2.71 bits per heavy atom. The van der Waals surface area contributed by atoms with E-state index in [2.05, 4.69) is 30.8 Å². The first-order valence-corrected chi connectivity index (χ1v) is 10.4. The van der Waals surface area contributed by atoms with E-state index in [4.69, 9.17) is 11.5 Å². The van der Waals surface area contributed by atoms with Gasteiger partial charge in [-0.3, -0.25) is 9.59 Å². The summed E-state index contributed by atoms with van der Waals surface area (Å²) < 4.78 is 15.4. The highest BCUT2D eigenvalue weighted by molar-refractivity contribution is 5.99. The maximum Gasteiger partial charge on any atom is 0.273 e. The van der Waals surface area contributed by atoms with Crippen LogP contribution >= 0.6 is 0 Å². The lowest BCUT2D eigenvalue weighted by Crippen LogP contribution is -2.35. The van der Waals surface area contributed by atoms with Crippen LogP contribution in [0.5, 0.6) is 0 Å². The molecule has 0 bridgehead atoms. The predicted octanol–water partition coefficient (Wildman–Crippen LogP) is 1.93. The van der Waals surface area contributed by atoms with Gasteiger partial charge in [-0.25, -0.2) is 4.98 Å². The molecule has 0 aliphatic rings. The number of amides is 2. The Bertz CT molecular complexity index is 1370. The van der Waals surface area contributed by atoms with Crippen LogP contribution in [0.15, 0.2) is 48.8 Å². The molecule has 4 aromatic rings. The highest BCUT2D eigenvalue weighted by Gasteiger charge is 2.19. The summed E-state index contributed by atoms with van der Waals surface area (Å²) in [5, 5.41) is 14.4. The maximum atomic E-state index is 13.5. The molecule has 3 aromatic heterocycles. The zero-order valence-corrected chi connectivity index (χ0v) is 18.2. The van der Waals surface area contributed by atoms with Crippen molar-refractivity contribution in [3.8, 4) is 0 Å². The number of pyridine rings is 1. The van der Waals surface area contributed by atoms with Gasteiger partial charge in [0, 0.05) is 30.0 Å². The molecule has 0 fully saturated rings. The van der Waals surface area contributed by atoms with Crippen LogP contribution in [-0.4, -0.2) is 42.6 Å². The minimum absolute atomic E-state index is 0.0163. The topological polar surface area (TPSA) is 167 Å². The number of carbonyl (C=O) groups is 2. The second-order valence-electron chi connectivity index (χ2n) is 7.50. The van der Waals surface area contributed by atoms with Gasteiger partial charge >= 0.3 is 0 Å². The summed E-state index contributed by atoms with van der Waals surface area (Å²) >= 11 is 0. The number of nitrogens with two attached hydrogens (primary N) is 2. The summed E-state index contributed by atoms with van der Waals surface area (Å²) in [5.74, 6) is -1.85. The molecule has 6 N–H and O–H groups in total. The molecular formula is C22H22FN9O2. The molecule has 174 valence electrons. The highest BCUT2D eigenvalue weighted by Crippen LogP contribution is 2.28. The number of carbonyl (C=O) groups excluding carboxylic acids is 2. The van der Waals surface area contributed by atoms with E-state index in [1.807, 2.05) is 29.0 Å². The largest absolute Gasteiger partial charge is 0.368 e. The lowest BCUT2D eigenvalue weighted by atomic mass is 10.2. The summed E-state index contributed by atoms with van der Waals surface area (Å²) in [6, 6.07) is 9.84. The number of benzene rings is 1. The first kappa shape index (κ1) is 22.6. The molecule has 0 saturated carbocycles. The minimum Gasteiger partial charge on any atom is -0.368 e. The molecule has 3 heterocycles. The molecule has 1 aromatic carbocycles. The van der Waals surface area contributed by atoms with Crippen LogP contribution in [0.4, 0.5) is 21.8 Å². The van der Waals surface area contributed by atoms with Crippen LogP contribution in [0.1, 0.15) is 29.4 Å². The number of aromatic nitrogens is 5. The molecule has 0 aliphatic carbocycles. The van der Waals surface area contributed by atoms with Crippen molar-refractivity contribution in [1.82, 2.24) is 24.7 Å². The number of rotatable bonds is 9. The second kappa shape index (κ2) is 9.48. The van der Waals surface area contributed by atoms with Gasteiger partial charge in [0.05, 0.1) is 5.52 Å². The number of hydrogen-bond acceptors (Lipinski definition) is 8. The highest BCUT2D eigenvalue weighted by atomic mass is 19.1. The molecule has 0 aliphatic heterocycles. The number of anilines is 3. The molecule has 0 saturated heterocycles. The summed E-state index contributed by atoms with van der Waals surface area (Å²) in [6.45, 7) is 2.21. The van der Waals surface area contributed by atoms with E-state index in [0.29, 0.717) is 18.7 Å². The Labute approximate surface area is 193 Å². The normalized spacial score (nSPS) is 11.8. The lowest BCUT2D eigenvalue weighted by molar-refractivity contribution is -0.118. The van der Waals surface area contributed by atoms with E-state index in [0.717, 1.165) is 16.5 Å². The van der Waals surface area contributed by atoms with Crippen LogP contribution in [0.25, 0.3) is 10.9 Å². The molecule has 11 nitrogen and oxygen atoms in total. The van der Waals surface area contributed by atoms with Gasteiger partial charge in [-0.2, -0.15) is 9.37 Å². The zero-order valence-electron chi connectivity index (χ0n) is 18.2. The average molecular weight is 463 g/mol. The van der Waals surface area contributed by atoms with E-state index in [1.54, 1.807) is 19.1 Å². The van der Waals surface area contributed by atoms with Gasteiger partial charge in [-0.05, 0) is 42.3 Å². The molecule has 0 unspecified atom stereocenters. The van der Waals surface area contributed by atoms with Gasteiger partial charge in [0.2, 0.25) is 17.8 Å². The van der Waals surface area contributed by atoms with Gasteiger partial charge in [-0.1, -0.05) is 13.0 Å². The fraction of sp³-hybridized carbons (Fsp3) is 0.182. The SMILES string of the molecule is CC[C@@H](Nc1nnc(C(N)=O)c(Nc2cccc3c2ccn3Cc2ccnc(F)c2)n1)C(N)=O. The molecule has 12 heteroatoms. The Morgan fingerprint density at radius 2 is 2.00 bits per heavy atom. The molecule has 34 heavy (non-hydrogen) atoms.